The van der Waals surface area contributed by atoms with Crippen LogP contribution < -0.4 is 15.3 Å². The third-order valence-electron chi connectivity index (χ3n) is 11.5. The summed E-state index contributed by atoms with van der Waals surface area (Å²) in [7, 11) is 0. The molecule has 7 aromatic carbocycles. The van der Waals surface area contributed by atoms with Crippen molar-refractivity contribution in [3.8, 4) is 11.1 Å². The summed E-state index contributed by atoms with van der Waals surface area (Å²) in [6, 6.07) is 62.4. The Balaban J connectivity index is 1.28. The van der Waals surface area contributed by atoms with Gasteiger partial charge in [0.05, 0.1) is 5.69 Å². The Hall–Kier alpha value is -6.26. The number of allylic oxidation sites excluding steroid dienone is 1. The highest BCUT2D eigenvalue weighted by Crippen LogP contribution is 2.56. The van der Waals surface area contributed by atoms with Crippen LogP contribution in [0.2, 0.25) is 0 Å². The molecule has 240 valence electrons. The smallest absolute Gasteiger partial charge is 0.329 e. The predicted octanol–water partition coefficient (Wildman–Crippen LogP) is 11.4. The molecule has 0 N–H and O–H groups in total. The van der Waals surface area contributed by atoms with Gasteiger partial charge in [-0.25, -0.2) is 0 Å². The van der Waals surface area contributed by atoms with Gasteiger partial charge in [-0.05, 0) is 76.7 Å². The van der Waals surface area contributed by atoms with Crippen LogP contribution in [0.15, 0.2) is 175 Å². The van der Waals surface area contributed by atoms with Crippen molar-refractivity contribution in [2.45, 2.75) is 19.3 Å². The van der Waals surface area contributed by atoms with E-state index in [0.717, 1.165) is 11.4 Å². The summed E-state index contributed by atoms with van der Waals surface area (Å²) < 4.78 is 2.70. The number of hydrogen-bond donors (Lipinski definition) is 0. The summed E-state index contributed by atoms with van der Waals surface area (Å²) in [5.74, 6) is 0. The maximum absolute atomic E-state index is 2.70. The van der Waals surface area contributed by atoms with Crippen molar-refractivity contribution in [2.75, 3.05) is 9.80 Å². The van der Waals surface area contributed by atoms with Gasteiger partial charge in [-0.3, -0.25) is 0 Å². The predicted molar refractivity (Wildman–Crippen MR) is 215 cm³/mol. The molecule has 0 atom stereocenters. The van der Waals surface area contributed by atoms with Crippen molar-refractivity contribution in [1.29, 1.82) is 0 Å². The molecule has 3 aliphatic rings. The lowest BCUT2D eigenvalue weighted by Gasteiger charge is -2.42. The summed E-state index contributed by atoms with van der Waals surface area (Å²) in [6.45, 7) is 4.89. The molecule has 8 aromatic rings. The van der Waals surface area contributed by atoms with Crippen molar-refractivity contribution in [3.05, 3.63) is 186 Å². The monoisotopic (exact) mass is 651 g/mol. The van der Waals surface area contributed by atoms with Gasteiger partial charge < -0.3 is 14.3 Å². The van der Waals surface area contributed by atoms with Gasteiger partial charge in [0, 0.05) is 66.8 Å². The Morgan fingerprint density at radius 3 is 1.90 bits per heavy atom. The molecule has 11 rings (SSSR count). The fraction of sp³-hybridized carbons (Fsp3) is 0.0638. The molecule has 4 heteroatoms. The second kappa shape index (κ2) is 10.4. The Kier molecular flexibility index (Phi) is 5.82. The second-order valence-electron chi connectivity index (χ2n) is 14.5. The van der Waals surface area contributed by atoms with Crippen LogP contribution in [0.4, 0.5) is 28.4 Å². The zero-order valence-corrected chi connectivity index (χ0v) is 28.6. The molecule has 1 aromatic heterocycles. The van der Waals surface area contributed by atoms with E-state index in [1.165, 1.54) is 77.8 Å². The molecule has 1 aliphatic carbocycles. The lowest BCUT2D eigenvalue weighted by Crippen LogP contribution is -2.52. The van der Waals surface area contributed by atoms with Crippen LogP contribution in [-0.4, -0.2) is 11.3 Å². The number of anilines is 5. The highest BCUT2D eigenvalue weighted by Gasteiger charge is 2.52. The molecule has 0 unspecified atom stereocenters. The third-order valence-corrected chi connectivity index (χ3v) is 11.5. The number of nitrogens with zero attached hydrogens (tertiary/aromatic N) is 3. The topological polar surface area (TPSA) is 11.4 Å². The van der Waals surface area contributed by atoms with Crippen molar-refractivity contribution >= 4 is 68.3 Å². The van der Waals surface area contributed by atoms with E-state index < -0.39 is 0 Å². The van der Waals surface area contributed by atoms with Crippen LogP contribution >= 0.6 is 0 Å². The fourth-order valence-corrected chi connectivity index (χ4v) is 9.55. The first-order valence-corrected chi connectivity index (χ1v) is 17.9. The number of hydrogen-bond acceptors (Lipinski definition) is 2. The number of fused-ring (bicyclic) bond motifs is 8. The molecular weight excluding hydrogens is 617 g/mol. The van der Waals surface area contributed by atoms with Crippen LogP contribution in [0.25, 0.3) is 38.6 Å². The highest BCUT2D eigenvalue weighted by atomic mass is 15.2. The zero-order chi connectivity index (χ0) is 33.8. The van der Waals surface area contributed by atoms with E-state index in [2.05, 4.69) is 198 Å². The van der Waals surface area contributed by atoms with Crippen LogP contribution in [0.5, 0.6) is 0 Å². The Bertz CT molecular complexity index is 2690. The highest BCUT2D eigenvalue weighted by molar-refractivity contribution is 6.85. The molecule has 0 saturated heterocycles. The molecular formula is C47H34BN3. The normalized spacial score (nSPS) is 14.9. The maximum atomic E-state index is 2.70. The molecule has 0 amide bonds. The van der Waals surface area contributed by atoms with Crippen molar-refractivity contribution in [3.63, 3.8) is 0 Å². The molecule has 3 heterocycles. The summed E-state index contributed by atoms with van der Waals surface area (Å²) in [4.78, 5) is 4.97. The molecule has 0 saturated carbocycles. The first kappa shape index (κ1) is 28.6. The van der Waals surface area contributed by atoms with E-state index in [-0.39, 0.29) is 12.3 Å². The fourth-order valence-electron chi connectivity index (χ4n) is 9.55. The lowest BCUT2D eigenvalue weighted by atomic mass is 9.40. The number of aromatic nitrogens is 1. The van der Waals surface area contributed by atoms with E-state index in [1.807, 2.05) is 0 Å². The molecule has 0 bridgehead atoms. The van der Waals surface area contributed by atoms with Crippen LogP contribution in [0.1, 0.15) is 25.0 Å². The third kappa shape index (κ3) is 3.74. The number of benzene rings is 7. The molecule has 0 fully saturated rings. The van der Waals surface area contributed by atoms with Crippen LogP contribution in [0, 0.1) is 0 Å². The van der Waals surface area contributed by atoms with Crippen LogP contribution in [0.3, 0.4) is 0 Å². The van der Waals surface area contributed by atoms with Crippen LogP contribution in [-0.2, 0) is 5.41 Å². The lowest BCUT2D eigenvalue weighted by molar-refractivity contribution is 0.663. The quantitative estimate of drug-likeness (QED) is 0.176. The van der Waals surface area contributed by atoms with Crippen molar-refractivity contribution in [1.82, 2.24) is 4.48 Å². The number of rotatable bonds is 4. The minimum Gasteiger partial charge on any atom is -0.375 e. The first-order chi connectivity index (χ1) is 25.1. The Morgan fingerprint density at radius 2 is 1.16 bits per heavy atom. The maximum Gasteiger partial charge on any atom is 0.329 e. The Morgan fingerprint density at radius 1 is 0.549 bits per heavy atom. The van der Waals surface area contributed by atoms with E-state index in [0.29, 0.717) is 0 Å². The van der Waals surface area contributed by atoms with Gasteiger partial charge in [-0.1, -0.05) is 129 Å². The van der Waals surface area contributed by atoms with E-state index in [1.54, 1.807) is 0 Å². The Labute approximate surface area is 298 Å². The van der Waals surface area contributed by atoms with Gasteiger partial charge in [-0.2, -0.15) is 0 Å². The second-order valence-corrected chi connectivity index (χ2v) is 14.5. The number of para-hydroxylation sites is 4. The van der Waals surface area contributed by atoms with Crippen molar-refractivity contribution in [2.24, 2.45) is 0 Å². The van der Waals surface area contributed by atoms with Gasteiger partial charge in [0.25, 0.3) is 0 Å². The average molecular weight is 652 g/mol. The summed E-state index contributed by atoms with van der Waals surface area (Å²) in [6.07, 6.45) is 0. The molecule has 0 spiro atoms. The van der Waals surface area contributed by atoms with Gasteiger partial charge >= 0.3 is 6.85 Å². The summed E-state index contributed by atoms with van der Waals surface area (Å²) >= 11 is 0. The van der Waals surface area contributed by atoms with Gasteiger partial charge in [0.1, 0.15) is 0 Å². The van der Waals surface area contributed by atoms with E-state index in [9.17, 15) is 0 Å². The molecule has 51 heavy (non-hydrogen) atoms. The van der Waals surface area contributed by atoms with Crippen molar-refractivity contribution < 1.29 is 0 Å². The molecule has 3 nitrogen and oxygen atoms in total. The first-order valence-electron chi connectivity index (χ1n) is 17.9. The standard InChI is InChI=1S/C47H34BN3/c1-47(2)38-27-13-12-23-36(38)45-46(47)48-43-34(24-15-30-41(43)50(45)33-21-10-5-11-22-33)35-25-14-26-37-42-39(28-16-29-40(42)51(48)44(35)37)49(31-17-6-3-7-18-31)32-19-8-4-9-20-32/h3-30H,1-2H3. The minimum atomic E-state index is -0.207. The average Bonchev–Trinajstić information content (AvgIpc) is 3.65. The minimum absolute atomic E-state index is 0.0145. The van der Waals surface area contributed by atoms with E-state index in [4.69, 9.17) is 0 Å². The summed E-state index contributed by atoms with van der Waals surface area (Å²) in [5.41, 5.74) is 17.7. The van der Waals surface area contributed by atoms with Gasteiger partial charge in [0.15, 0.2) is 0 Å². The molecule has 0 radical (unpaired) electrons. The van der Waals surface area contributed by atoms with Gasteiger partial charge in [0.2, 0.25) is 0 Å². The SMILES string of the molecule is CC1(C)C2=C(c3ccccc31)N(c1ccccc1)c1cccc3c1B2n1c2cccc(N(c4ccccc4)c4ccccc4)c2c2cccc-3c21. The molecule has 2 aliphatic heterocycles. The largest absolute Gasteiger partial charge is 0.375 e. The zero-order valence-electron chi connectivity index (χ0n) is 28.6. The summed E-state index contributed by atoms with van der Waals surface area (Å²) in [5, 5.41) is 2.56. The van der Waals surface area contributed by atoms with E-state index >= 15 is 0 Å². The van der Waals surface area contributed by atoms with Gasteiger partial charge in [-0.15, -0.1) is 0 Å².